The Hall–Kier alpha value is -1.21. The van der Waals surface area contributed by atoms with Crippen LogP contribution in [0.15, 0.2) is 24.3 Å². The molecule has 1 fully saturated rings. The second-order valence-corrected chi connectivity index (χ2v) is 5.28. The van der Waals surface area contributed by atoms with Crippen molar-refractivity contribution >= 4 is 23.4 Å². The van der Waals surface area contributed by atoms with Crippen molar-refractivity contribution in [3.63, 3.8) is 0 Å². The minimum atomic E-state index is -4.21. The first-order valence-electron chi connectivity index (χ1n) is 5.72. The average Bonchev–Trinajstić information content (AvgIpc) is 2.83. The van der Waals surface area contributed by atoms with E-state index >= 15 is 0 Å². The monoisotopic (exact) mass is 290 g/mol. The SMILES string of the molecule is O=C(Nc1ccc(CC(F)(F)F)cc1)C1CSCN1. The summed E-state index contributed by atoms with van der Waals surface area (Å²) in [4.78, 5) is 11.8. The summed E-state index contributed by atoms with van der Waals surface area (Å²) < 4.78 is 36.5. The molecular formula is C12H13F3N2OS. The Morgan fingerprint density at radius 2 is 2.05 bits per heavy atom. The van der Waals surface area contributed by atoms with Gasteiger partial charge < -0.3 is 5.32 Å². The first-order valence-corrected chi connectivity index (χ1v) is 6.87. The molecule has 0 radical (unpaired) electrons. The van der Waals surface area contributed by atoms with Crippen LogP contribution in [0.2, 0.25) is 0 Å². The van der Waals surface area contributed by atoms with Gasteiger partial charge in [0.1, 0.15) is 0 Å². The van der Waals surface area contributed by atoms with E-state index in [9.17, 15) is 18.0 Å². The third-order valence-corrected chi connectivity index (χ3v) is 3.60. The molecule has 0 spiro atoms. The molecule has 2 rings (SSSR count). The molecule has 0 saturated carbocycles. The molecule has 0 aliphatic carbocycles. The largest absolute Gasteiger partial charge is 0.393 e. The fourth-order valence-corrected chi connectivity index (χ4v) is 2.67. The van der Waals surface area contributed by atoms with Gasteiger partial charge >= 0.3 is 6.18 Å². The van der Waals surface area contributed by atoms with Crippen LogP contribution in [-0.4, -0.2) is 29.8 Å². The Balaban J connectivity index is 1.93. The molecule has 1 unspecified atom stereocenters. The maximum atomic E-state index is 12.2. The Labute approximate surface area is 112 Å². The summed E-state index contributed by atoms with van der Waals surface area (Å²) in [5.74, 6) is 1.29. The topological polar surface area (TPSA) is 41.1 Å². The van der Waals surface area contributed by atoms with E-state index in [-0.39, 0.29) is 17.5 Å². The molecule has 104 valence electrons. The number of alkyl halides is 3. The van der Waals surface area contributed by atoms with Crippen molar-refractivity contribution in [3.8, 4) is 0 Å². The van der Waals surface area contributed by atoms with Gasteiger partial charge in [-0.3, -0.25) is 10.1 Å². The Bertz CT molecular complexity index is 441. The van der Waals surface area contributed by atoms with Crippen LogP contribution in [0, 0.1) is 0 Å². The molecule has 0 aromatic heterocycles. The molecule has 3 nitrogen and oxygen atoms in total. The minimum Gasteiger partial charge on any atom is -0.325 e. The van der Waals surface area contributed by atoms with Gasteiger partial charge in [0.05, 0.1) is 12.5 Å². The van der Waals surface area contributed by atoms with Crippen molar-refractivity contribution in [1.29, 1.82) is 0 Å². The van der Waals surface area contributed by atoms with Crippen molar-refractivity contribution in [3.05, 3.63) is 29.8 Å². The highest BCUT2D eigenvalue weighted by atomic mass is 32.2. The third kappa shape index (κ3) is 4.43. The lowest BCUT2D eigenvalue weighted by atomic mass is 10.1. The van der Waals surface area contributed by atoms with E-state index in [4.69, 9.17) is 0 Å². The third-order valence-electron chi connectivity index (χ3n) is 2.66. The van der Waals surface area contributed by atoms with Gasteiger partial charge in [0.25, 0.3) is 0 Å². The normalized spacial score (nSPS) is 19.4. The van der Waals surface area contributed by atoms with E-state index in [1.165, 1.54) is 24.3 Å². The van der Waals surface area contributed by atoms with Gasteiger partial charge in [0, 0.05) is 17.3 Å². The molecule has 1 atom stereocenters. The van der Waals surface area contributed by atoms with E-state index in [2.05, 4.69) is 10.6 Å². The predicted octanol–water partition coefficient (Wildman–Crippen LogP) is 2.39. The van der Waals surface area contributed by atoms with E-state index in [1.54, 1.807) is 11.8 Å². The Kier molecular flexibility index (Phi) is 4.36. The zero-order valence-corrected chi connectivity index (χ0v) is 10.8. The molecule has 1 aliphatic rings. The number of rotatable bonds is 3. The summed E-state index contributed by atoms with van der Waals surface area (Å²) in [6.45, 7) is 0. The van der Waals surface area contributed by atoms with Gasteiger partial charge in [0.15, 0.2) is 0 Å². The summed E-state index contributed by atoms with van der Waals surface area (Å²) in [6.07, 6.45) is -5.17. The lowest BCUT2D eigenvalue weighted by Crippen LogP contribution is -2.37. The van der Waals surface area contributed by atoms with Crippen LogP contribution in [0.3, 0.4) is 0 Å². The van der Waals surface area contributed by atoms with Crippen molar-refractivity contribution < 1.29 is 18.0 Å². The number of halogens is 3. The van der Waals surface area contributed by atoms with E-state index in [0.717, 1.165) is 5.88 Å². The van der Waals surface area contributed by atoms with Crippen LogP contribution in [-0.2, 0) is 11.2 Å². The number of carbonyl (C=O) groups excluding carboxylic acids is 1. The van der Waals surface area contributed by atoms with Crippen molar-refractivity contribution in [2.45, 2.75) is 18.6 Å². The number of thioether (sulfide) groups is 1. The smallest absolute Gasteiger partial charge is 0.325 e. The van der Waals surface area contributed by atoms with Gasteiger partial charge in [-0.25, -0.2) is 0 Å². The highest BCUT2D eigenvalue weighted by Gasteiger charge is 2.27. The molecule has 19 heavy (non-hydrogen) atoms. The first-order chi connectivity index (χ1) is 8.94. The van der Waals surface area contributed by atoms with Crippen molar-refractivity contribution in [2.75, 3.05) is 16.9 Å². The number of hydrogen-bond donors (Lipinski definition) is 2. The molecule has 1 aromatic carbocycles. The van der Waals surface area contributed by atoms with Gasteiger partial charge in [-0.1, -0.05) is 12.1 Å². The molecule has 1 amide bonds. The fraction of sp³-hybridized carbons (Fsp3) is 0.417. The zero-order valence-electron chi connectivity index (χ0n) is 9.96. The highest BCUT2D eigenvalue weighted by molar-refractivity contribution is 7.99. The van der Waals surface area contributed by atoms with Gasteiger partial charge in [0.2, 0.25) is 5.91 Å². The van der Waals surface area contributed by atoms with Crippen LogP contribution in [0.1, 0.15) is 5.56 Å². The predicted molar refractivity (Wildman–Crippen MR) is 69.1 cm³/mol. The maximum Gasteiger partial charge on any atom is 0.393 e. The first kappa shape index (κ1) is 14.2. The van der Waals surface area contributed by atoms with Gasteiger partial charge in [-0.2, -0.15) is 13.2 Å². The maximum absolute atomic E-state index is 12.2. The summed E-state index contributed by atoms with van der Waals surface area (Å²) in [5.41, 5.74) is 0.690. The van der Waals surface area contributed by atoms with Crippen LogP contribution < -0.4 is 10.6 Å². The van der Waals surface area contributed by atoms with Crippen LogP contribution in [0.4, 0.5) is 18.9 Å². The minimum absolute atomic E-state index is 0.159. The quantitative estimate of drug-likeness (QED) is 0.898. The Morgan fingerprint density at radius 1 is 1.37 bits per heavy atom. The summed E-state index contributed by atoms with van der Waals surface area (Å²) in [7, 11) is 0. The summed E-state index contributed by atoms with van der Waals surface area (Å²) in [5, 5.41) is 5.70. The molecule has 0 bridgehead atoms. The van der Waals surface area contributed by atoms with Crippen molar-refractivity contribution in [1.82, 2.24) is 5.32 Å². The van der Waals surface area contributed by atoms with Crippen molar-refractivity contribution in [2.24, 2.45) is 0 Å². The number of hydrogen-bond acceptors (Lipinski definition) is 3. The molecule has 1 aliphatic heterocycles. The number of benzene rings is 1. The average molecular weight is 290 g/mol. The summed E-state index contributed by atoms with van der Waals surface area (Å²) >= 11 is 1.63. The van der Waals surface area contributed by atoms with E-state index < -0.39 is 12.6 Å². The lowest BCUT2D eigenvalue weighted by molar-refractivity contribution is -0.127. The molecule has 7 heteroatoms. The van der Waals surface area contributed by atoms with Crippen LogP contribution in [0.25, 0.3) is 0 Å². The van der Waals surface area contributed by atoms with Crippen LogP contribution >= 0.6 is 11.8 Å². The number of amides is 1. The lowest BCUT2D eigenvalue weighted by Gasteiger charge is -2.11. The number of nitrogens with one attached hydrogen (secondary N) is 2. The van der Waals surface area contributed by atoms with E-state index in [0.29, 0.717) is 11.4 Å². The summed E-state index contributed by atoms with van der Waals surface area (Å²) in [6, 6.07) is 5.49. The zero-order chi connectivity index (χ0) is 13.9. The number of carbonyl (C=O) groups is 1. The van der Waals surface area contributed by atoms with Gasteiger partial charge in [-0.05, 0) is 17.7 Å². The van der Waals surface area contributed by atoms with Crippen LogP contribution in [0.5, 0.6) is 0 Å². The second kappa shape index (κ2) is 5.83. The second-order valence-electron chi connectivity index (χ2n) is 4.25. The van der Waals surface area contributed by atoms with E-state index in [1.807, 2.05) is 0 Å². The molecular weight excluding hydrogens is 277 g/mol. The molecule has 1 saturated heterocycles. The standard InChI is InChI=1S/C12H13F3N2OS/c13-12(14,15)5-8-1-3-9(4-2-8)17-11(18)10-6-19-7-16-10/h1-4,10,16H,5-7H2,(H,17,18). The Morgan fingerprint density at radius 3 is 2.58 bits per heavy atom. The highest BCUT2D eigenvalue weighted by Crippen LogP contribution is 2.22. The number of anilines is 1. The molecule has 2 N–H and O–H groups in total. The molecule has 1 heterocycles. The molecule has 1 aromatic rings. The fourth-order valence-electron chi connectivity index (χ4n) is 1.73. The van der Waals surface area contributed by atoms with Gasteiger partial charge in [-0.15, -0.1) is 11.8 Å².